The predicted molar refractivity (Wildman–Crippen MR) is 49.5 cm³/mol. The molecular weight excluding hydrogens is 150 g/mol. The van der Waals surface area contributed by atoms with Crippen LogP contribution in [0.15, 0.2) is 4.99 Å². The zero-order valence-electron chi connectivity index (χ0n) is 7.75. The molecule has 0 aromatic rings. The third-order valence-corrected chi connectivity index (χ3v) is 2.84. The summed E-state index contributed by atoms with van der Waals surface area (Å²) < 4.78 is 5.65. The van der Waals surface area contributed by atoms with E-state index in [-0.39, 0.29) is 0 Å². The maximum atomic E-state index is 5.65. The van der Waals surface area contributed by atoms with Crippen molar-refractivity contribution in [1.82, 2.24) is 0 Å². The minimum atomic E-state index is 0.422. The molecule has 0 amide bonds. The van der Waals surface area contributed by atoms with Crippen LogP contribution >= 0.6 is 0 Å². The first-order valence-electron chi connectivity index (χ1n) is 5.07. The van der Waals surface area contributed by atoms with Gasteiger partial charge in [-0.15, -0.1) is 0 Å². The van der Waals surface area contributed by atoms with E-state index in [1.807, 2.05) is 6.92 Å². The molecule has 2 heteroatoms. The van der Waals surface area contributed by atoms with Crippen molar-refractivity contribution in [3.05, 3.63) is 0 Å². The lowest BCUT2D eigenvalue weighted by Gasteiger charge is -2.19. The topological polar surface area (TPSA) is 21.6 Å². The van der Waals surface area contributed by atoms with Gasteiger partial charge in [0.1, 0.15) is 6.10 Å². The van der Waals surface area contributed by atoms with Crippen LogP contribution in [0.25, 0.3) is 0 Å². The maximum absolute atomic E-state index is 5.65. The molecule has 0 saturated heterocycles. The Kier molecular flexibility index (Phi) is 2.33. The summed E-state index contributed by atoms with van der Waals surface area (Å²) in [6.07, 6.45) is 8.30. The van der Waals surface area contributed by atoms with E-state index in [0.29, 0.717) is 12.1 Å². The number of ether oxygens (including phenoxy) is 1. The Morgan fingerprint density at radius 2 is 1.92 bits per heavy atom. The van der Waals surface area contributed by atoms with Gasteiger partial charge in [0, 0.05) is 6.92 Å². The molecule has 1 aliphatic heterocycles. The molecule has 2 aliphatic rings. The highest BCUT2D eigenvalue weighted by molar-refractivity contribution is 5.75. The normalized spacial score (nSPS) is 35.9. The zero-order chi connectivity index (χ0) is 8.39. The third-order valence-electron chi connectivity index (χ3n) is 2.84. The van der Waals surface area contributed by atoms with Gasteiger partial charge in [-0.1, -0.05) is 19.3 Å². The minimum Gasteiger partial charge on any atom is -0.476 e. The quantitative estimate of drug-likeness (QED) is 0.543. The van der Waals surface area contributed by atoms with Crippen molar-refractivity contribution in [2.45, 2.75) is 57.6 Å². The van der Waals surface area contributed by atoms with Crippen LogP contribution in [0, 0.1) is 0 Å². The standard InChI is InChI=1S/C10H17NO/c1-8-11-9-6-4-2-3-5-7-10(9)12-8/h9-10H,2-7H2,1H3. The average molecular weight is 167 g/mol. The largest absolute Gasteiger partial charge is 0.476 e. The van der Waals surface area contributed by atoms with Gasteiger partial charge in [0.15, 0.2) is 5.90 Å². The Hall–Kier alpha value is -0.530. The Labute approximate surface area is 74.0 Å². The molecule has 12 heavy (non-hydrogen) atoms. The summed E-state index contributed by atoms with van der Waals surface area (Å²) in [6.45, 7) is 1.98. The summed E-state index contributed by atoms with van der Waals surface area (Å²) in [5, 5.41) is 0. The van der Waals surface area contributed by atoms with Crippen LogP contribution in [0.3, 0.4) is 0 Å². The highest BCUT2D eigenvalue weighted by atomic mass is 16.5. The predicted octanol–water partition coefficient (Wildman–Crippen LogP) is 2.53. The van der Waals surface area contributed by atoms with Crippen molar-refractivity contribution in [2.75, 3.05) is 0 Å². The van der Waals surface area contributed by atoms with Crippen LogP contribution in [0.5, 0.6) is 0 Å². The molecule has 0 N–H and O–H groups in total. The summed E-state index contributed by atoms with van der Waals surface area (Å²) in [5.74, 6) is 0.909. The summed E-state index contributed by atoms with van der Waals surface area (Å²) in [5.41, 5.74) is 0. The molecule has 2 rings (SSSR count). The Bertz CT molecular complexity index is 188. The molecule has 0 spiro atoms. The van der Waals surface area contributed by atoms with E-state index in [4.69, 9.17) is 4.74 Å². The Morgan fingerprint density at radius 1 is 1.17 bits per heavy atom. The van der Waals surface area contributed by atoms with E-state index in [0.717, 1.165) is 5.90 Å². The van der Waals surface area contributed by atoms with E-state index in [9.17, 15) is 0 Å². The molecule has 0 radical (unpaired) electrons. The van der Waals surface area contributed by atoms with E-state index >= 15 is 0 Å². The molecule has 0 aromatic heterocycles. The second-order valence-electron chi connectivity index (χ2n) is 3.86. The van der Waals surface area contributed by atoms with Crippen molar-refractivity contribution in [3.63, 3.8) is 0 Å². The van der Waals surface area contributed by atoms with Gasteiger partial charge in [0.2, 0.25) is 0 Å². The SMILES string of the molecule is CC1=NC2CCCCCCC2O1. The smallest absolute Gasteiger partial charge is 0.180 e. The first-order valence-corrected chi connectivity index (χ1v) is 5.07. The molecular formula is C10H17NO. The van der Waals surface area contributed by atoms with E-state index in [2.05, 4.69) is 4.99 Å². The molecule has 2 unspecified atom stereocenters. The molecule has 0 aromatic carbocycles. The second-order valence-corrected chi connectivity index (χ2v) is 3.86. The fourth-order valence-electron chi connectivity index (χ4n) is 2.20. The van der Waals surface area contributed by atoms with Gasteiger partial charge in [-0.05, 0) is 19.3 Å². The monoisotopic (exact) mass is 167 g/mol. The van der Waals surface area contributed by atoms with Crippen molar-refractivity contribution in [2.24, 2.45) is 4.99 Å². The molecule has 68 valence electrons. The Balaban J connectivity index is 1.98. The number of aliphatic imine (C=N–C) groups is 1. The van der Waals surface area contributed by atoms with Crippen molar-refractivity contribution >= 4 is 5.90 Å². The molecule has 2 nitrogen and oxygen atoms in total. The molecule has 1 heterocycles. The van der Waals surface area contributed by atoms with Gasteiger partial charge in [-0.3, -0.25) is 0 Å². The zero-order valence-corrected chi connectivity index (χ0v) is 7.75. The fourth-order valence-corrected chi connectivity index (χ4v) is 2.20. The second kappa shape index (κ2) is 3.46. The molecule has 1 fully saturated rings. The van der Waals surface area contributed by atoms with Crippen LogP contribution < -0.4 is 0 Å². The molecule has 1 aliphatic carbocycles. The van der Waals surface area contributed by atoms with Gasteiger partial charge >= 0.3 is 0 Å². The summed E-state index contributed by atoms with van der Waals surface area (Å²) in [6, 6.07) is 0.491. The van der Waals surface area contributed by atoms with Gasteiger partial charge < -0.3 is 4.74 Å². The van der Waals surface area contributed by atoms with Crippen LogP contribution in [-0.2, 0) is 4.74 Å². The van der Waals surface area contributed by atoms with E-state index in [1.54, 1.807) is 0 Å². The highest BCUT2D eigenvalue weighted by Crippen LogP contribution is 2.26. The lowest BCUT2D eigenvalue weighted by molar-refractivity contribution is 0.164. The summed E-state index contributed by atoms with van der Waals surface area (Å²) >= 11 is 0. The van der Waals surface area contributed by atoms with Crippen LogP contribution in [0.1, 0.15) is 45.4 Å². The van der Waals surface area contributed by atoms with Crippen LogP contribution in [0.2, 0.25) is 0 Å². The van der Waals surface area contributed by atoms with Crippen molar-refractivity contribution in [1.29, 1.82) is 0 Å². The lowest BCUT2D eigenvalue weighted by Crippen LogP contribution is -2.23. The van der Waals surface area contributed by atoms with E-state index < -0.39 is 0 Å². The fraction of sp³-hybridized carbons (Fsp3) is 0.900. The average Bonchev–Trinajstić information content (AvgIpc) is 2.32. The third kappa shape index (κ3) is 1.62. The highest BCUT2D eigenvalue weighted by Gasteiger charge is 2.28. The molecule has 0 bridgehead atoms. The van der Waals surface area contributed by atoms with Crippen LogP contribution in [-0.4, -0.2) is 18.0 Å². The maximum Gasteiger partial charge on any atom is 0.180 e. The van der Waals surface area contributed by atoms with Crippen LogP contribution in [0.4, 0.5) is 0 Å². The number of nitrogens with zero attached hydrogens (tertiary/aromatic N) is 1. The van der Waals surface area contributed by atoms with Gasteiger partial charge in [0.25, 0.3) is 0 Å². The van der Waals surface area contributed by atoms with Gasteiger partial charge in [-0.25, -0.2) is 4.99 Å². The van der Waals surface area contributed by atoms with Crippen molar-refractivity contribution in [3.8, 4) is 0 Å². The molecule has 1 saturated carbocycles. The molecule has 2 atom stereocenters. The summed E-state index contributed by atoms with van der Waals surface area (Å²) in [7, 11) is 0. The number of hydrogen-bond acceptors (Lipinski definition) is 2. The minimum absolute atomic E-state index is 0.422. The van der Waals surface area contributed by atoms with E-state index in [1.165, 1.54) is 38.5 Å². The van der Waals surface area contributed by atoms with Gasteiger partial charge in [0.05, 0.1) is 6.04 Å². The van der Waals surface area contributed by atoms with Gasteiger partial charge in [-0.2, -0.15) is 0 Å². The lowest BCUT2D eigenvalue weighted by atomic mass is 9.95. The number of rotatable bonds is 0. The first-order chi connectivity index (χ1) is 5.86. The Morgan fingerprint density at radius 3 is 2.75 bits per heavy atom. The first kappa shape index (κ1) is 8.09. The number of hydrogen-bond donors (Lipinski definition) is 0. The number of fused-ring (bicyclic) bond motifs is 1. The summed E-state index contributed by atoms with van der Waals surface area (Å²) in [4.78, 5) is 4.51. The van der Waals surface area contributed by atoms with Crippen molar-refractivity contribution < 1.29 is 4.74 Å².